The smallest absolute Gasteiger partial charge is 0.168 e. The molecule has 1 heterocycles. The molecule has 100 valence electrons. The van der Waals surface area contributed by atoms with Gasteiger partial charge >= 0.3 is 0 Å². The molecule has 1 saturated heterocycles. The standard InChI is InChI=1S/C13H18ClNO3/c1-3-17-13-10(16-2)5-4-9(14)12(13)11-8-15-6-7-18-11/h4-5,11,15H,3,6-8H2,1-2H3. The topological polar surface area (TPSA) is 39.7 Å². The Hall–Kier alpha value is -0.970. The lowest BCUT2D eigenvalue weighted by molar-refractivity contribution is 0.0258. The first-order valence-electron chi connectivity index (χ1n) is 6.09. The van der Waals surface area contributed by atoms with Gasteiger partial charge in [-0.1, -0.05) is 11.6 Å². The predicted molar refractivity (Wildman–Crippen MR) is 70.7 cm³/mol. The second kappa shape index (κ2) is 6.27. The first-order chi connectivity index (χ1) is 8.77. The fourth-order valence-corrected chi connectivity index (χ4v) is 2.33. The van der Waals surface area contributed by atoms with Crippen molar-refractivity contribution in [3.8, 4) is 11.5 Å². The van der Waals surface area contributed by atoms with Crippen LogP contribution >= 0.6 is 11.6 Å². The summed E-state index contributed by atoms with van der Waals surface area (Å²) in [4.78, 5) is 0. The minimum absolute atomic E-state index is 0.0945. The van der Waals surface area contributed by atoms with Crippen molar-refractivity contribution in [2.24, 2.45) is 0 Å². The van der Waals surface area contributed by atoms with E-state index in [9.17, 15) is 0 Å². The molecule has 1 unspecified atom stereocenters. The summed E-state index contributed by atoms with van der Waals surface area (Å²) in [5.74, 6) is 1.37. The third-order valence-electron chi connectivity index (χ3n) is 2.86. The van der Waals surface area contributed by atoms with E-state index < -0.39 is 0 Å². The molecule has 1 aromatic carbocycles. The molecular weight excluding hydrogens is 254 g/mol. The van der Waals surface area contributed by atoms with E-state index in [1.54, 1.807) is 7.11 Å². The minimum atomic E-state index is -0.0945. The van der Waals surface area contributed by atoms with E-state index in [1.165, 1.54) is 0 Å². The zero-order valence-electron chi connectivity index (χ0n) is 10.7. The number of halogens is 1. The van der Waals surface area contributed by atoms with Gasteiger partial charge in [-0.25, -0.2) is 0 Å². The second-order valence-corrected chi connectivity index (χ2v) is 4.40. The first kappa shape index (κ1) is 13.5. The van der Waals surface area contributed by atoms with Crippen molar-refractivity contribution in [3.63, 3.8) is 0 Å². The molecule has 1 aromatic rings. The Morgan fingerprint density at radius 3 is 2.94 bits per heavy atom. The Labute approximate surface area is 112 Å². The lowest BCUT2D eigenvalue weighted by Gasteiger charge is -2.27. The van der Waals surface area contributed by atoms with Gasteiger partial charge in [-0.2, -0.15) is 0 Å². The summed E-state index contributed by atoms with van der Waals surface area (Å²) in [7, 11) is 1.62. The predicted octanol–water partition coefficient (Wildman–Crippen LogP) is 2.41. The number of rotatable bonds is 4. The highest BCUT2D eigenvalue weighted by Gasteiger charge is 2.25. The maximum Gasteiger partial charge on any atom is 0.168 e. The maximum absolute atomic E-state index is 6.28. The van der Waals surface area contributed by atoms with Gasteiger partial charge < -0.3 is 19.5 Å². The molecule has 0 bridgehead atoms. The molecule has 1 N–H and O–H groups in total. The molecule has 0 saturated carbocycles. The van der Waals surface area contributed by atoms with Crippen molar-refractivity contribution in [2.75, 3.05) is 33.4 Å². The highest BCUT2D eigenvalue weighted by atomic mass is 35.5. The largest absolute Gasteiger partial charge is 0.493 e. The van der Waals surface area contributed by atoms with Crippen LogP contribution in [0, 0.1) is 0 Å². The fraction of sp³-hybridized carbons (Fsp3) is 0.538. The van der Waals surface area contributed by atoms with E-state index in [1.807, 2.05) is 19.1 Å². The number of morpholine rings is 1. The number of methoxy groups -OCH3 is 1. The van der Waals surface area contributed by atoms with E-state index in [4.69, 9.17) is 25.8 Å². The summed E-state index contributed by atoms with van der Waals surface area (Å²) in [5.41, 5.74) is 0.866. The van der Waals surface area contributed by atoms with Crippen molar-refractivity contribution in [1.29, 1.82) is 0 Å². The molecule has 5 heteroatoms. The van der Waals surface area contributed by atoms with Crippen LogP contribution in [-0.4, -0.2) is 33.4 Å². The van der Waals surface area contributed by atoms with Crippen LogP contribution in [0.25, 0.3) is 0 Å². The van der Waals surface area contributed by atoms with Crippen LogP contribution in [0.15, 0.2) is 12.1 Å². The van der Waals surface area contributed by atoms with Crippen LogP contribution in [0.1, 0.15) is 18.6 Å². The van der Waals surface area contributed by atoms with Crippen molar-refractivity contribution in [1.82, 2.24) is 5.32 Å². The Balaban J connectivity index is 2.41. The summed E-state index contributed by atoms with van der Waals surface area (Å²) in [5, 5.41) is 3.93. The normalized spacial score (nSPS) is 19.6. The fourth-order valence-electron chi connectivity index (χ4n) is 2.06. The highest BCUT2D eigenvalue weighted by molar-refractivity contribution is 6.31. The Kier molecular flexibility index (Phi) is 4.69. The van der Waals surface area contributed by atoms with Crippen LogP contribution in [0.2, 0.25) is 5.02 Å². The van der Waals surface area contributed by atoms with Crippen molar-refractivity contribution < 1.29 is 14.2 Å². The summed E-state index contributed by atoms with van der Waals surface area (Å²) < 4.78 is 16.7. The molecule has 0 radical (unpaired) electrons. The van der Waals surface area contributed by atoms with Gasteiger partial charge in [0.15, 0.2) is 11.5 Å². The monoisotopic (exact) mass is 271 g/mol. The minimum Gasteiger partial charge on any atom is -0.493 e. The number of nitrogens with one attached hydrogen (secondary N) is 1. The van der Waals surface area contributed by atoms with Crippen LogP contribution in [0.5, 0.6) is 11.5 Å². The van der Waals surface area contributed by atoms with Gasteiger partial charge in [0.05, 0.1) is 25.3 Å². The number of hydrogen-bond acceptors (Lipinski definition) is 4. The number of benzene rings is 1. The van der Waals surface area contributed by atoms with Gasteiger partial charge in [-0.05, 0) is 19.1 Å². The molecule has 4 nitrogen and oxygen atoms in total. The van der Waals surface area contributed by atoms with Crippen molar-refractivity contribution >= 4 is 11.6 Å². The van der Waals surface area contributed by atoms with Gasteiger partial charge in [0.1, 0.15) is 6.10 Å². The van der Waals surface area contributed by atoms with Gasteiger partial charge in [0.25, 0.3) is 0 Å². The Morgan fingerprint density at radius 1 is 1.50 bits per heavy atom. The van der Waals surface area contributed by atoms with Crippen molar-refractivity contribution in [2.45, 2.75) is 13.0 Å². The first-order valence-corrected chi connectivity index (χ1v) is 6.47. The average molecular weight is 272 g/mol. The van der Waals surface area contributed by atoms with Crippen LogP contribution in [0.4, 0.5) is 0 Å². The molecule has 1 fully saturated rings. The van der Waals surface area contributed by atoms with Crippen molar-refractivity contribution in [3.05, 3.63) is 22.7 Å². The zero-order chi connectivity index (χ0) is 13.0. The van der Waals surface area contributed by atoms with Gasteiger partial charge in [0, 0.05) is 18.7 Å². The molecule has 0 amide bonds. The van der Waals surface area contributed by atoms with Gasteiger partial charge in [0.2, 0.25) is 0 Å². The van der Waals surface area contributed by atoms with E-state index in [0.29, 0.717) is 29.7 Å². The Bertz CT molecular complexity index is 405. The number of ether oxygens (including phenoxy) is 3. The summed E-state index contributed by atoms with van der Waals surface area (Å²) in [6.07, 6.45) is -0.0945. The molecule has 0 aromatic heterocycles. The molecule has 1 aliphatic rings. The average Bonchev–Trinajstić information content (AvgIpc) is 2.40. The Morgan fingerprint density at radius 2 is 2.33 bits per heavy atom. The van der Waals surface area contributed by atoms with Crippen LogP contribution < -0.4 is 14.8 Å². The lowest BCUT2D eigenvalue weighted by Crippen LogP contribution is -2.33. The number of hydrogen-bond donors (Lipinski definition) is 1. The zero-order valence-corrected chi connectivity index (χ0v) is 11.4. The molecular formula is C13H18ClNO3. The molecule has 0 spiro atoms. The maximum atomic E-state index is 6.28. The molecule has 1 atom stereocenters. The summed E-state index contributed by atoms with van der Waals surface area (Å²) in [6, 6.07) is 3.63. The quantitative estimate of drug-likeness (QED) is 0.913. The third-order valence-corrected chi connectivity index (χ3v) is 3.19. The summed E-state index contributed by atoms with van der Waals surface area (Å²) in [6.45, 7) is 4.76. The van der Waals surface area contributed by atoms with Crippen LogP contribution in [0.3, 0.4) is 0 Å². The SMILES string of the molecule is CCOc1c(OC)ccc(Cl)c1C1CNCCO1. The van der Waals surface area contributed by atoms with E-state index in [2.05, 4.69) is 5.32 Å². The van der Waals surface area contributed by atoms with Gasteiger partial charge in [-0.15, -0.1) is 0 Å². The second-order valence-electron chi connectivity index (χ2n) is 3.99. The van der Waals surface area contributed by atoms with Crippen LogP contribution in [-0.2, 0) is 4.74 Å². The molecule has 2 rings (SSSR count). The molecule has 18 heavy (non-hydrogen) atoms. The summed E-state index contributed by atoms with van der Waals surface area (Å²) >= 11 is 6.28. The third kappa shape index (κ3) is 2.71. The molecule has 1 aliphatic heterocycles. The molecule has 0 aliphatic carbocycles. The van der Waals surface area contributed by atoms with Gasteiger partial charge in [-0.3, -0.25) is 0 Å². The lowest BCUT2D eigenvalue weighted by atomic mass is 10.1. The highest BCUT2D eigenvalue weighted by Crippen LogP contribution is 2.41. The van der Waals surface area contributed by atoms with E-state index >= 15 is 0 Å². The van der Waals surface area contributed by atoms with E-state index in [-0.39, 0.29) is 6.10 Å². The van der Waals surface area contributed by atoms with E-state index in [0.717, 1.165) is 18.7 Å².